The maximum Gasteiger partial charge on any atom is 0.308 e. The lowest BCUT2D eigenvalue weighted by molar-refractivity contribution is -0.131. The van der Waals surface area contributed by atoms with E-state index in [0.29, 0.717) is 11.8 Å². The Hall–Kier alpha value is -1.55. The number of benzene rings is 1. The van der Waals surface area contributed by atoms with Crippen molar-refractivity contribution < 1.29 is 14.3 Å². The number of rotatable bonds is 5. The van der Waals surface area contributed by atoms with E-state index in [0.717, 1.165) is 18.8 Å². The summed E-state index contributed by atoms with van der Waals surface area (Å²) in [5, 5.41) is 0. The van der Waals surface area contributed by atoms with Crippen molar-refractivity contribution in [3.05, 3.63) is 24.3 Å². The van der Waals surface area contributed by atoms with Gasteiger partial charge in [0.25, 0.3) is 0 Å². The molecule has 1 unspecified atom stereocenters. The number of nitrogens with zero attached hydrogens (tertiary/aromatic N) is 1. The normalized spacial score (nSPS) is 19.6. The SMILES string of the molecule is CC(=O)Oc1ccc(OCCC2CCCCN2C)cc1. The molecule has 1 fully saturated rings. The van der Waals surface area contributed by atoms with Crippen molar-refractivity contribution in [3.63, 3.8) is 0 Å². The van der Waals surface area contributed by atoms with E-state index in [1.54, 1.807) is 12.1 Å². The summed E-state index contributed by atoms with van der Waals surface area (Å²) in [7, 11) is 2.19. The number of carbonyl (C=O) groups is 1. The van der Waals surface area contributed by atoms with Gasteiger partial charge in [0.05, 0.1) is 6.61 Å². The fourth-order valence-electron chi connectivity index (χ4n) is 2.59. The highest BCUT2D eigenvalue weighted by atomic mass is 16.5. The molecule has 0 aliphatic carbocycles. The molecule has 1 aliphatic heterocycles. The molecule has 4 nitrogen and oxygen atoms in total. The smallest absolute Gasteiger partial charge is 0.308 e. The maximum atomic E-state index is 10.8. The van der Waals surface area contributed by atoms with Gasteiger partial charge >= 0.3 is 5.97 Å². The molecule has 110 valence electrons. The first-order valence-electron chi connectivity index (χ1n) is 7.26. The first-order valence-corrected chi connectivity index (χ1v) is 7.26. The molecular formula is C16H23NO3. The molecule has 1 atom stereocenters. The standard InChI is InChI=1S/C16H23NO3/c1-13(18)20-16-8-6-15(7-9-16)19-12-10-14-5-3-4-11-17(14)2/h6-9,14H,3-5,10-12H2,1-2H3. The number of hydrogen-bond acceptors (Lipinski definition) is 4. The number of likely N-dealkylation sites (tertiary alicyclic amines) is 1. The summed E-state index contributed by atoms with van der Waals surface area (Å²) in [5.41, 5.74) is 0. The molecule has 20 heavy (non-hydrogen) atoms. The highest BCUT2D eigenvalue weighted by Gasteiger charge is 2.18. The molecule has 0 aromatic heterocycles. The Labute approximate surface area is 120 Å². The van der Waals surface area contributed by atoms with Crippen LogP contribution in [0.4, 0.5) is 0 Å². The largest absolute Gasteiger partial charge is 0.494 e. The van der Waals surface area contributed by atoms with E-state index in [1.165, 1.54) is 32.7 Å². The van der Waals surface area contributed by atoms with Gasteiger partial charge in [-0.2, -0.15) is 0 Å². The van der Waals surface area contributed by atoms with Crippen LogP contribution in [-0.4, -0.2) is 37.1 Å². The quantitative estimate of drug-likeness (QED) is 0.613. The Bertz CT molecular complexity index is 430. The summed E-state index contributed by atoms with van der Waals surface area (Å²) in [6, 6.07) is 7.82. The number of esters is 1. The Morgan fingerprint density at radius 1 is 1.25 bits per heavy atom. The zero-order valence-corrected chi connectivity index (χ0v) is 12.3. The second-order valence-electron chi connectivity index (χ2n) is 5.33. The van der Waals surface area contributed by atoms with Crippen LogP contribution in [0.15, 0.2) is 24.3 Å². The zero-order valence-electron chi connectivity index (χ0n) is 12.3. The Morgan fingerprint density at radius 2 is 1.95 bits per heavy atom. The van der Waals surface area contributed by atoms with Gasteiger partial charge in [-0.05, 0) is 57.1 Å². The Kier molecular flexibility index (Phi) is 5.41. The van der Waals surface area contributed by atoms with Gasteiger partial charge in [-0.1, -0.05) is 6.42 Å². The molecule has 1 saturated heterocycles. The Balaban J connectivity index is 1.74. The molecule has 1 aromatic carbocycles. The highest BCUT2D eigenvalue weighted by molar-refractivity contribution is 5.69. The number of piperidine rings is 1. The molecule has 0 bridgehead atoms. The van der Waals surface area contributed by atoms with Crippen molar-refractivity contribution in [2.75, 3.05) is 20.2 Å². The number of hydrogen-bond donors (Lipinski definition) is 0. The lowest BCUT2D eigenvalue weighted by Gasteiger charge is -2.32. The first-order chi connectivity index (χ1) is 9.65. The number of carbonyl (C=O) groups excluding carboxylic acids is 1. The third kappa shape index (κ3) is 4.53. The molecular weight excluding hydrogens is 254 g/mol. The summed E-state index contributed by atoms with van der Waals surface area (Å²) < 4.78 is 10.7. The van der Waals surface area contributed by atoms with E-state index in [4.69, 9.17) is 9.47 Å². The fourth-order valence-corrected chi connectivity index (χ4v) is 2.59. The average molecular weight is 277 g/mol. The molecule has 0 spiro atoms. The van der Waals surface area contributed by atoms with Gasteiger partial charge in [0.15, 0.2) is 0 Å². The van der Waals surface area contributed by atoms with Crippen molar-refractivity contribution in [2.24, 2.45) is 0 Å². The second kappa shape index (κ2) is 7.29. The summed E-state index contributed by atoms with van der Waals surface area (Å²) in [4.78, 5) is 13.2. The van der Waals surface area contributed by atoms with Crippen LogP contribution in [0.5, 0.6) is 11.5 Å². The van der Waals surface area contributed by atoms with Gasteiger partial charge < -0.3 is 14.4 Å². The molecule has 2 rings (SSSR count). The minimum Gasteiger partial charge on any atom is -0.494 e. The van der Waals surface area contributed by atoms with Crippen LogP contribution in [0.3, 0.4) is 0 Å². The molecule has 1 heterocycles. The summed E-state index contributed by atoms with van der Waals surface area (Å²) in [6.45, 7) is 3.31. The van der Waals surface area contributed by atoms with Crippen LogP contribution in [0.2, 0.25) is 0 Å². The molecule has 0 N–H and O–H groups in total. The van der Waals surface area contributed by atoms with E-state index in [-0.39, 0.29) is 5.97 Å². The average Bonchev–Trinajstić information content (AvgIpc) is 2.42. The van der Waals surface area contributed by atoms with Crippen molar-refractivity contribution in [1.29, 1.82) is 0 Å². The molecule has 0 amide bonds. The van der Waals surface area contributed by atoms with Crippen LogP contribution < -0.4 is 9.47 Å². The van der Waals surface area contributed by atoms with E-state index >= 15 is 0 Å². The van der Waals surface area contributed by atoms with E-state index in [1.807, 2.05) is 12.1 Å². The lowest BCUT2D eigenvalue weighted by Crippen LogP contribution is -2.37. The number of ether oxygens (including phenoxy) is 2. The topological polar surface area (TPSA) is 38.8 Å². The monoisotopic (exact) mass is 277 g/mol. The van der Waals surface area contributed by atoms with Crippen LogP contribution in [0.25, 0.3) is 0 Å². The summed E-state index contributed by atoms with van der Waals surface area (Å²) in [6.07, 6.45) is 4.96. The molecule has 4 heteroatoms. The van der Waals surface area contributed by atoms with Gasteiger partial charge in [-0.25, -0.2) is 0 Å². The predicted octanol–water partition coefficient (Wildman–Crippen LogP) is 2.87. The van der Waals surface area contributed by atoms with Crippen LogP contribution in [0.1, 0.15) is 32.6 Å². The van der Waals surface area contributed by atoms with E-state index < -0.39 is 0 Å². The van der Waals surface area contributed by atoms with Crippen LogP contribution >= 0.6 is 0 Å². The molecule has 0 saturated carbocycles. The minimum atomic E-state index is -0.306. The van der Waals surface area contributed by atoms with Crippen molar-refractivity contribution in [1.82, 2.24) is 4.90 Å². The summed E-state index contributed by atoms with van der Waals surface area (Å²) in [5.74, 6) is 1.07. The predicted molar refractivity (Wildman–Crippen MR) is 78.1 cm³/mol. The van der Waals surface area contributed by atoms with Gasteiger partial charge in [0.1, 0.15) is 11.5 Å². The van der Waals surface area contributed by atoms with Gasteiger partial charge in [0.2, 0.25) is 0 Å². The van der Waals surface area contributed by atoms with Crippen molar-refractivity contribution >= 4 is 5.97 Å². The molecule has 1 aromatic rings. The fraction of sp³-hybridized carbons (Fsp3) is 0.562. The van der Waals surface area contributed by atoms with Gasteiger partial charge in [-0.3, -0.25) is 4.79 Å². The Morgan fingerprint density at radius 3 is 2.60 bits per heavy atom. The minimum absolute atomic E-state index is 0.306. The third-order valence-corrected chi connectivity index (χ3v) is 3.73. The second-order valence-corrected chi connectivity index (χ2v) is 5.33. The highest BCUT2D eigenvalue weighted by Crippen LogP contribution is 2.20. The van der Waals surface area contributed by atoms with Gasteiger partial charge in [-0.15, -0.1) is 0 Å². The maximum absolute atomic E-state index is 10.8. The van der Waals surface area contributed by atoms with Crippen LogP contribution in [-0.2, 0) is 4.79 Å². The van der Waals surface area contributed by atoms with E-state index in [9.17, 15) is 4.79 Å². The zero-order chi connectivity index (χ0) is 14.4. The van der Waals surface area contributed by atoms with Crippen LogP contribution in [0, 0.1) is 0 Å². The van der Waals surface area contributed by atoms with Gasteiger partial charge in [0, 0.05) is 13.0 Å². The summed E-state index contributed by atoms with van der Waals surface area (Å²) >= 11 is 0. The van der Waals surface area contributed by atoms with Crippen molar-refractivity contribution in [2.45, 2.75) is 38.6 Å². The molecule has 0 radical (unpaired) electrons. The molecule has 1 aliphatic rings. The van der Waals surface area contributed by atoms with Crippen molar-refractivity contribution in [3.8, 4) is 11.5 Å². The first kappa shape index (κ1) is 14.9. The third-order valence-electron chi connectivity index (χ3n) is 3.73. The lowest BCUT2D eigenvalue weighted by atomic mass is 10.0. The van der Waals surface area contributed by atoms with E-state index in [2.05, 4.69) is 11.9 Å².